The molecule has 0 fully saturated rings. The quantitative estimate of drug-likeness (QED) is 0.505. The van der Waals surface area contributed by atoms with Gasteiger partial charge in [-0.15, -0.1) is 0 Å². The van der Waals surface area contributed by atoms with Crippen LogP contribution in [0, 0.1) is 11.2 Å². The Morgan fingerprint density at radius 3 is 2.30 bits per heavy atom. The second-order valence-electron chi connectivity index (χ2n) is 5.38. The second kappa shape index (κ2) is 8.27. The van der Waals surface area contributed by atoms with Crippen molar-refractivity contribution in [2.24, 2.45) is 5.73 Å². The Balaban J connectivity index is 3.09. The highest BCUT2D eigenvalue weighted by Gasteiger charge is 2.33. The van der Waals surface area contributed by atoms with Gasteiger partial charge in [-0.25, -0.2) is 4.39 Å². The lowest BCUT2D eigenvalue weighted by atomic mass is 10.1. The molecule has 4 N–H and O–H groups in total. The largest absolute Gasteiger partial charge is 0.508 e. The molecule has 0 heterocycles. The van der Waals surface area contributed by atoms with Crippen LogP contribution in [0.25, 0.3) is 0 Å². The van der Waals surface area contributed by atoms with Crippen molar-refractivity contribution >= 4 is 11.6 Å². The summed E-state index contributed by atoms with van der Waals surface area (Å²) in [5, 5.41) is 16.5. The van der Waals surface area contributed by atoms with E-state index in [2.05, 4.69) is 5.73 Å². The minimum atomic E-state index is -5.04. The highest BCUT2D eigenvalue weighted by atomic mass is 19.4. The molecule has 0 saturated carbocycles. The van der Waals surface area contributed by atoms with Crippen LogP contribution in [0.15, 0.2) is 30.0 Å². The molecule has 0 aromatic heterocycles. The molecular weight excluding hydrogens is 387 g/mol. The maximum absolute atomic E-state index is 13.8. The van der Waals surface area contributed by atoms with E-state index in [1.165, 1.54) is 0 Å². The molecule has 1 rings (SSSR count). The smallest absolute Gasteiger partial charge is 0.430 e. The minimum Gasteiger partial charge on any atom is -0.508 e. The Hall–Kier alpha value is -2.79. The first kappa shape index (κ1) is 22.3. The first-order chi connectivity index (χ1) is 12.2. The van der Waals surface area contributed by atoms with Gasteiger partial charge in [0.25, 0.3) is 5.91 Å². The number of carbonyl (C=O) groups is 1. The van der Waals surface area contributed by atoms with Gasteiger partial charge in [-0.3, -0.25) is 10.2 Å². The molecule has 150 valence electrons. The highest BCUT2D eigenvalue weighted by molar-refractivity contribution is 6.42. The molecule has 1 aromatic rings. The highest BCUT2D eigenvalue weighted by Crippen LogP contribution is 2.23. The van der Waals surface area contributed by atoms with E-state index in [0.717, 1.165) is 12.1 Å². The SMILES string of the molecule is N=C(C=C(N)C(F)(F)F)C(=O)N(CCC(F)(F)F)Cc1ccc(O)cc1F. The number of nitrogens with zero attached hydrogens (tertiary/aromatic N) is 1. The topological polar surface area (TPSA) is 90.4 Å². The molecule has 0 aliphatic heterocycles. The molecule has 27 heavy (non-hydrogen) atoms. The Kier molecular flexibility index (Phi) is 6.81. The number of nitrogens with two attached hydrogens (primary N) is 1. The van der Waals surface area contributed by atoms with E-state index in [0.29, 0.717) is 11.0 Å². The van der Waals surface area contributed by atoms with Gasteiger partial charge in [0.05, 0.1) is 6.42 Å². The van der Waals surface area contributed by atoms with Crippen LogP contribution in [-0.2, 0) is 11.3 Å². The minimum absolute atomic E-state index is 0.0316. The summed E-state index contributed by atoms with van der Waals surface area (Å²) in [5.74, 6) is -3.02. The molecule has 0 spiro atoms. The summed E-state index contributed by atoms with van der Waals surface area (Å²) in [6, 6.07) is 2.65. The number of rotatable bonds is 6. The zero-order chi connectivity index (χ0) is 21.0. The van der Waals surface area contributed by atoms with Gasteiger partial charge in [0.2, 0.25) is 0 Å². The second-order valence-corrected chi connectivity index (χ2v) is 5.38. The van der Waals surface area contributed by atoms with E-state index in [9.17, 15) is 35.5 Å². The summed E-state index contributed by atoms with van der Waals surface area (Å²) < 4.78 is 88.2. The summed E-state index contributed by atoms with van der Waals surface area (Å²) in [4.78, 5) is 12.5. The van der Waals surface area contributed by atoms with Crippen molar-refractivity contribution in [3.05, 3.63) is 41.4 Å². The molecule has 0 atom stereocenters. The van der Waals surface area contributed by atoms with Crippen molar-refractivity contribution in [2.45, 2.75) is 25.3 Å². The van der Waals surface area contributed by atoms with Crippen molar-refractivity contribution in [3.63, 3.8) is 0 Å². The average molecular weight is 401 g/mol. The molecule has 0 aliphatic rings. The fraction of sp³-hybridized carbons (Fsp3) is 0.333. The van der Waals surface area contributed by atoms with Gasteiger partial charge >= 0.3 is 12.4 Å². The van der Waals surface area contributed by atoms with Gasteiger partial charge in [-0.05, 0) is 12.1 Å². The van der Waals surface area contributed by atoms with Gasteiger partial charge in [0.15, 0.2) is 0 Å². The monoisotopic (exact) mass is 401 g/mol. The first-order valence-electron chi connectivity index (χ1n) is 7.17. The number of hydrogen-bond donors (Lipinski definition) is 3. The maximum atomic E-state index is 13.8. The van der Waals surface area contributed by atoms with Crippen molar-refractivity contribution in [1.29, 1.82) is 5.41 Å². The van der Waals surface area contributed by atoms with Crippen LogP contribution in [0.3, 0.4) is 0 Å². The summed E-state index contributed by atoms with van der Waals surface area (Å²) in [6.07, 6.45) is -11.3. The van der Waals surface area contributed by atoms with E-state index >= 15 is 0 Å². The van der Waals surface area contributed by atoms with Crippen LogP contribution >= 0.6 is 0 Å². The lowest BCUT2D eigenvalue weighted by Crippen LogP contribution is -2.38. The summed E-state index contributed by atoms with van der Waals surface area (Å²) >= 11 is 0. The third-order valence-corrected chi connectivity index (χ3v) is 3.21. The lowest BCUT2D eigenvalue weighted by Gasteiger charge is -2.23. The molecule has 1 amide bonds. The summed E-state index contributed by atoms with van der Waals surface area (Å²) in [5.41, 5.74) is 1.28. The molecule has 0 bridgehead atoms. The van der Waals surface area contributed by atoms with Crippen molar-refractivity contribution in [3.8, 4) is 5.75 Å². The zero-order valence-corrected chi connectivity index (χ0v) is 13.5. The van der Waals surface area contributed by atoms with Gasteiger partial charge in [0, 0.05) is 24.7 Å². The number of aromatic hydroxyl groups is 1. The molecular formula is C15H14F7N3O2. The number of carbonyl (C=O) groups excluding carboxylic acids is 1. The Morgan fingerprint density at radius 2 is 1.81 bits per heavy atom. The van der Waals surface area contributed by atoms with E-state index in [1.54, 1.807) is 0 Å². The van der Waals surface area contributed by atoms with Crippen LogP contribution in [0.2, 0.25) is 0 Å². The molecule has 0 aliphatic carbocycles. The van der Waals surface area contributed by atoms with Gasteiger partial charge in [-0.2, -0.15) is 26.3 Å². The summed E-state index contributed by atoms with van der Waals surface area (Å²) in [7, 11) is 0. The molecule has 1 aromatic carbocycles. The predicted octanol–water partition coefficient (Wildman–Crippen LogP) is 3.24. The molecule has 0 saturated heterocycles. The van der Waals surface area contributed by atoms with Crippen LogP contribution in [0.1, 0.15) is 12.0 Å². The van der Waals surface area contributed by atoms with Gasteiger partial charge in [-0.1, -0.05) is 6.07 Å². The standard InChI is InChI=1S/C15H14F7N3O2/c16-10-5-9(26)2-1-8(10)7-25(4-3-14(17,18)19)13(27)11(23)6-12(24)15(20,21)22/h1-2,5-6,23,26H,3-4,7,24H2. The molecule has 5 nitrogen and oxygen atoms in total. The van der Waals surface area contributed by atoms with Crippen LogP contribution in [-0.4, -0.2) is 40.5 Å². The average Bonchev–Trinajstić information content (AvgIpc) is 2.50. The predicted molar refractivity (Wildman–Crippen MR) is 80.2 cm³/mol. The normalized spacial score (nSPS) is 12.8. The van der Waals surface area contributed by atoms with Crippen LogP contribution < -0.4 is 5.73 Å². The number of nitrogens with one attached hydrogen (secondary N) is 1. The van der Waals surface area contributed by atoms with Crippen LogP contribution in [0.4, 0.5) is 30.7 Å². The number of phenols is 1. The summed E-state index contributed by atoms with van der Waals surface area (Å²) in [6.45, 7) is -1.78. The van der Waals surface area contributed by atoms with Gasteiger partial charge < -0.3 is 15.7 Å². The molecule has 12 heteroatoms. The van der Waals surface area contributed by atoms with Crippen LogP contribution in [0.5, 0.6) is 5.75 Å². The first-order valence-corrected chi connectivity index (χ1v) is 7.17. The Morgan fingerprint density at radius 1 is 1.22 bits per heavy atom. The zero-order valence-electron chi connectivity index (χ0n) is 13.5. The van der Waals surface area contributed by atoms with E-state index < -0.39 is 60.7 Å². The Labute approximate surface area is 148 Å². The van der Waals surface area contributed by atoms with E-state index in [-0.39, 0.29) is 11.6 Å². The van der Waals surface area contributed by atoms with Crippen molar-refractivity contribution in [1.82, 2.24) is 4.90 Å². The number of benzene rings is 1. The fourth-order valence-electron chi connectivity index (χ4n) is 1.85. The number of hydrogen-bond acceptors (Lipinski definition) is 4. The third-order valence-electron chi connectivity index (χ3n) is 3.21. The molecule has 0 unspecified atom stereocenters. The maximum Gasteiger partial charge on any atom is 0.430 e. The number of allylic oxidation sites excluding steroid dienone is 1. The number of phenolic OH excluding ortho intramolecular Hbond substituents is 1. The van der Waals surface area contributed by atoms with Gasteiger partial charge in [0.1, 0.15) is 23.0 Å². The third kappa shape index (κ3) is 7.15. The number of alkyl halides is 6. The van der Waals surface area contributed by atoms with Crippen molar-refractivity contribution in [2.75, 3.05) is 6.54 Å². The van der Waals surface area contributed by atoms with Crippen molar-refractivity contribution < 1.29 is 40.6 Å². The van der Waals surface area contributed by atoms with E-state index in [4.69, 9.17) is 10.5 Å². The number of halogens is 7. The lowest BCUT2D eigenvalue weighted by molar-refractivity contribution is -0.143. The number of amides is 1. The molecule has 0 radical (unpaired) electrons. The Bertz CT molecular complexity index is 742. The fourth-order valence-corrected chi connectivity index (χ4v) is 1.85. The van der Waals surface area contributed by atoms with E-state index in [1.807, 2.05) is 0 Å².